The minimum Gasteiger partial charge on any atom is -0.462 e. The summed E-state index contributed by atoms with van der Waals surface area (Å²) >= 11 is 0. The summed E-state index contributed by atoms with van der Waals surface area (Å²) in [5, 5.41) is 0. The molecule has 1 heterocycles. The number of carbonyl (C=O) groups excluding carboxylic acids is 3. The van der Waals surface area contributed by atoms with Crippen molar-refractivity contribution < 1.29 is 19.1 Å². The number of nitrogens with zero attached hydrogens (tertiary/aromatic N) is 1. The van der Waals surface area contributed by atoms with Gasteiger partial charge in [-0.3, -0.25) is 14.5 Å². The molecule has 24 heavy (non-hydrogen) atoms. The molecule has 0 saturated carbocycles. The average Bonchev–Trinajstić information content (AvgIpc) is 2.90. The van der Waals surface area contributed by atoms with Gasteiger partial charge in [0.05, 0.1) is 23.8 Å². The summed E-state index contributed by atoms with van der Waals surface area (Å²) in [5.41, 5.74) is 1.69. The van der Waals surface area contributed by atoms with E-state index in [2.05, 4.69) is 0 Å². The van der Waals surface area contributed by atoms with E-state index in [-0.39, 0.29) is 18.2 Å². The van der Waals surface area contributed by atoms with Crippen molar-refractivity contribution in [2.45, 2.75) is 19.3 Å². The molecule has 3 rings (SSSR count). The smallest absolute Gasteiger partial charge is 0.338 e. The zero-order chi connectivity index (χ0) is 17.1. The number of anilines is 1. The third-order valence-corrected chi connectivity index (χ3v) is 3.99. The molecule has 2 aromatic rings. The van der Waals surface area contributed by atoms with E-state index in [0.29, 0.717) is 17.9 Å². The lowest BCUT2D eigenvalue weighted by Gasteiger charge is -2.15. The van der Waals surface area contributed by atoms with E-state index in [1.54, 1.807) is 31.2 Å². The van der Waals surface area contributed by atoms with Gasteiger partial charge in [0.1, 0.15) is 0 Å². The molecule has 1 aliphatic rings. The van der Waals surface area contributed by atoms with E-state index in [0.717, 1.165) is 5.56 Å². The first-order valence-electron chi connectivity index (χ1n) is 7.80. The Morgan fingerprint density at radius 1 is 1.08 bits per heavy atom. The lowest BCUT2D eigenvalue weighted by molar-refractivity contribution is -0.121. The Morgan fingerprint density at radius 3 is 2.38 bits per heavy atom. The number of hydrogen-bond acceptors (Lipinski definition) is 4. The van der Waals surface area contributed by atoms with Crippen molar-refractivity contribution in [2.24, 2.45) is 0 Å². The van der Waals surface area contributed by atoms with Crippen molar-refractivity contribution >= 4 is 23.5 Å². The molecule has 0 radical (unpaired) electrons. The van der Waals surface area contributed by atoms with Crippen molar-refractivity contribution in [3.63, 3.8) is 0 Å². The van der Waals surface area contributed by atoms with Crippen LogP contribution in [0, 0.1) is 0 Å². The molecule has 2 amide bonds. The van der Waals surface area contributed by atoms with Crippen LogP contribution in [0.25, 0.3) is 0 Å². The van der Waals surface area contributed by atoms with Gasteiger partial charge in [0.25, 0.3) is 0 Å². The molecule has 122 valence electrons. The van der Waals surface area contributed by atoms with Gasteiger partial charge >= 0.3 is 5.97 Å². The van der Waals surface area contributed by atoms with E-state index in [4.69, 9.17) is 4.74 Å². The van der Waals surface area contributed by atoms with Crippen LogP contribution in [0.15, 0.2) is 54.6 Å². The maximum Gasteiger partial charge on any atom is 0.338 e. The second kappa shape index (κ2) is 6.66. The van der Waals surface area contributed by atoms with E-state index >= 15 is 0 Å². The quantitative estimate of drug-likeness (QED) is 0.641. The fourth-order valence-corrected chi connectivity index (χ4v) is 2.81. The van der Waals surface area contributed by atoms with E-state index in [9.17, 15) is 14.4 Å². The summed E-state index contributed by atoms with van der Waals surface area (Å²) < 4.78 is 4.92. The molecule has 0 bridgehead atoms. The predicted molar refractivity (Wildman–Crippen MR) is 88.7 cm³/mol. The molecule has 0 aromatic heterocycles. The van der Waals surface area contributed by atoms with Gasteiger partial charge in [-0.1, -0.05) is 30.3 Å². The van der Waals surface area contributed by atoms with E-state index in [1.807, 2.05) is 30.3 Å². The van der Waals surface area contributed by atoms with Crippen molar-refractivity contribution in [3.05, 3.63) is 65.7 Å². The summed E-state index contributed by atoms with van der Waals surface area (Å²) in [6, 6.07) is 15.6. The average molecular weight is 323 g/mol. The number of amides is 2. The summed E-state index contributed by atoms with van der Waals surface area (Å²) in [7, 11) is 0. The van der Waals surface area contributed by atoms with E-state index in [1.165, 1.54) is 4.90 Å². The number of imide groups is 1. The predicted octanol–water partition coefficient (Wildman–Crippen LogP) is 2.91. The first-order valence-corrected chi connectivity index (χ1v) is 7.80. The van der Waals surface area contributed by atoms with Crippen molar-refractivity contribution in [1.29, 1.82) is 0 Å². The largest absolute Gasteiger partial charge is 0.462 e. The highest BCUT2D eigenvalue weighted by Gasteiger charge is 2.40. The Labute approximate surface area is 139 Å². The molecule has 0 N–H and O–H groups in total. The Hall–Kier alpha value is -2.95. The van der Waals surface area contributed by atoms with Gasteiger partial charge in [-0.15, -0.1) is 0 Å². The summed E-state index contributed by atoms with van der Waals surface area (Å²) in [6.07, 6.45) is 0.155. The second-order valence-corrected chi connectivity index (χ2v) is 5.50. The van der Waals surface area contributed by atoms with Crippen molar-refractivity contribution in [1.82, 2.24) is 0 Å². The molecule has 0 spiro atoms. The number of carbonyl (C=O) groups is 3. The maximum atomic E-state index is 12.7. The molecular formula is C19H17NO4. The van der Waals surface area contributed by atoms with Gasteiger partial charge in [-0.2, -0.15) is 0 Å². The molecule has 1 aliphatic heterocycles. The topological polar surface area (TPSA) is 63.7 Å². The first kappa shape index (κ1) is 15.9. The molecular weight excluding hydrogens is 306 g/mol. The van der Waals surface area contributed by atoms with Gasteiger partial charge in [-0.05, 0) is 36.8 Å². The first-order chi connectivity index (χ1) is 11.6. The molecule has 5 heteroatoms. The highest BCUT2D eigenvalue weighted by molar-refractivity contribution is 6.22. The van der Waals surface area contributed by atoms with Gasteiger partial charge in [0.2, 0.25) is 11.8 Å². The van der Waals surface area contributed by atoms with Crippen LogP contribution in [0.3, 0.4) is 0 Å². The highest BCUT2D eigenvalue weighted by Crippen LogP contribution is 2.33. The second-order valence-electron chi connectivity index (χ2n) is 5.50. The Bertz CT molecular complexity index is 768. The lowest BCUT2D eigenvalue weighted by atomic mass is 9.98. The molecule has 0 aliphatic carbocycles. The normalized spacial score (nSPS) is 17.2. The monoisotopic (exact) mass is 323 g/mol. The van der Waals surface area contributed by atoms with Gasteiger partial charge in [0, 0.05) is 6.42 Å². The Kier molecular flexibility index (Phi) is 4.42. The van der Waals surface area contributed by atoms with Crippen molar-refractivity contribution in [2.75, 3.05) is 11.5 Å². The van der Waals surface area contributed by atoms with E-state index < -0.39 is 11.9 Å². The minimum absolute atomic E-state index is 0.155. The number of hydrogen-bond donors (Lipinski definition) is 0. The molecule has 1 atom stereocenters. The number of rotatable bonds is 4. The molecule has 1 unspecified atom stereocenters. The van der Waals surface area contributed by atoms with Gasteiger partial charge in [-0.25, -0.2) is 4.79 Å². The van der Waals surface area contributed by atoms with Crippen molar-refractivity contribution in [3.8, 4) is 0 Å². The van der Waals surface area contributed by atoms with Crippen LogP contribution in [0.4, 0.5) is 5.69 Å². The zero-order valence-corrected chi connectivity index (χ0v) is 13.3. The van der Waals surface area contributed by atoms with Crippen LogP contribution in [0.1, 0.15) is 35.2 Å². The Balaban J connectivity index is 1.83. The van der Waals surface area contributed by atoms with Crippen LogP contribution in [-0.2, 0) is 14.3 Å². The molecule has 1 saturated heterocycles. The lowest BCUT2D eigenvalue weighted by Crippen LogP contribution is -2.30. The standard InChI is InChI=1S/C19H17NO4/c1-2-24-19(23)14-8-10-15(11-9-14)20-17(21)12-16(18(20)22)13-6-4-3-5-7-13/h3-11,16H,2,12H2,1H3. The fraction of sp³-hybridized carbons (Fsp3) is 0.211. The number of esters is 1. The van der Waals surface area contributed by atoms with Crippen LogP contribution in [0.2, 0.25) is 0 Å². The van der Waals surface area contributed by atoms with Gasteiger partial charge in [0.15, 0.2) is 0 Å². The van der Waals surface area contributed by atoms with Crippen LogP contribution >= 0.6 is 0 Å². The number of ether oxygens (including phenoxy) is 1. The fourth-order valence-electron chi connectivity index (χ4n) is 2.81. The zero-order valence-electron chi connectivity index (χ0n) is 13.3. The third-order valence-electron chi connectivity index (χ3n) is 3.99. The van der Waals surface area contributed by atoms with Crippen LogP contribution in [-0.4, -0.2) is 24.4 Å². The maximum absolute atomic E-state index is 12.7. The Morgan fingerprint density at radius 2 is 1.75 bits per heavy atom. The third kappa shape index (κ3) is 2.93. The summed E-state index contributed by atoms with van der Waals surface area (Å²) in [6.45, 7) is 2.03. The summed E-state index contributed by atoms with van der Waals surface area (Å²) in [4.78, 5) is 37.8. The van der Waals surface area contributed by atoms with Crippen LogP contribution in [0.5, 0.6) is 0 Å². The van der Waals surface area contributed by atoms with Gasteiger partial charge < -0.3 is 4.74 Å². The SMILES string of the molecule is CCOC(=O)c1ccc(N2C(=O)CC(c3ccccc3)C2=O)cc1. The molecule has 2 aromatic carbocycles. The molecule has 1 fully saturated rings. The van der Waals surface area contributed by atoms with Crippen LogP contribution < -0.4 is 4.90 Å². The molecule has 5 nitrogen and oxygen atoms in total. The highest BCUT2D eigenvalue weighted by atomic mass is 16.5. The summed E-state index contributed by atoms with van der Waals surface area (Å²) in [5.74, 6) is -1.36. The number of benzene rings is 2. The minimum atomic E-state index is -0.455.